The molecule has 0 aromatic carbocycles. The van der Waals surface area contributed by atoms with E-state index in [1.807, 2.05) is 20.8 Å². The number of Topliss-reactive ketones (excluding diaryl/α,β-unsaturated/α-hetero) is 2. The second-order valence-electron chi connectivity index (χ2n) is 6.90. The molecule has 1 aliphatic rings. The second kappa shape index (κ2) is 8.21. The van der Waals surface area contributed by atoms with E-state index in [1.165, 1.54) is 5.57 Å². The third-order valence-corrected chi connectivity index (χ3v) is 5.04. The van der Waals surface area contributed by atoms with Crippen molar-refractivity contribution in [2.45, 2.75) is 66.2 Å². The third-order valence-electron chi connectivity index (χ3n) is 5.04. The van der Waals surface area contributed by atoms with Crippen molar-refractivity contribution in [3.05, 3.63) is 23.3 Å². The Kier molecular flexibility index (Phi) is 6.92. The molecule has 0 spiro atoms. The highest BCUT2D eigenvalue weighted by Gasteiger charge is 2.43. The largest absolute Gasteiger partial charge is 0.299 e. The minimum atomic E-state index is -0.365. The number of allylic oxidation sites excluding steroid dienone is 4. The van der Waals surface area contributed by atoms with E-state index in [2.05, 4.69) is 13.0 Å². The first-order valence-corrected chi connectivity index (χ1v) is 8.11. The first kappa shape index (κ1) is 18.5. The van der Waals surface area contributed by atoms with E-state index in [0.717, 1.165) is 37.5 Å². The Morgan fingerprint density at radius 1 is 1.23 bits per heavy atom. The van der Waals surface area contributed by atoms with Crippen molar-refractivity contribution in [1.29, 1.82) is 0 Å². The van der Waals surface area contributed by atoms with Gasteiger partial charge in [0.15, 0.2) is 0 Å². The minimum Gasteiger partial charge on any atom is -0.299 e. The number of carbonyl (C=O) groups excluding carboxylic acids is 3. The summed E-state index contributed by atoms with van der Waals surface area (Å²) >= 11 is 0. The summed E-state index contributed by atoms with van der Waals surface area (Å²) in [6, 6.07) is 0. The molecule has 0 radical (unpaired) electrons. The van der Waals surface area contributed by atoms with Crippen LogP contribution in [-0.2, 0) is 14.4 Å². The number of carbonyl (C=O) groups is 3. The van der Waals surface area contributed by atoms with Crippen LogP contribution in [0.2, 0.25) is 0 Å². The highest BCUT2D eigenvalue weighted by atomic mass is 16.2. The van der Waals surface area contributed by atoms with Gasteiger partial charge < -0.3 is 0 Å². The maximum Gasteiger partial charge on any atom is 0.146 e. The van der Waals surface area contributed by atoms with Gasteiger partial charge in [0.2, 0.25) is 0 Å². The van der Waals surface area contributed by atoms with E-state index in [0.29, 0.717) is 6.42 Å². The molecule has 0 N–H and O–H groups in total. The van der Waals surface area contributed by atoms with Crippen LogP contribution in [0.1, 0.15) is 66.2 Å². The molecule has 1 aliphatic carbocycles. The normalized spacial score (nSPS) is 27.2. The van der Waals surface area contributed by atoms with Crippen LogP contribution in [-0.4, -0.2) is 17.9 Å². The van der Waals surface area contributed by atoms with Crippen molar-refractivity contribution in [3.63, 3.8) is 0 Å². The summed E-state index contributed by atoms with van der Waals surface area (Å²) in [4.78, 5) is 34.1. The molecule has 0 aliphatic heterocycles. The predicted octanol–water partition coefficient (Wildman–Crippen LogP) is 4.21. The molecule has 0 aromatic heterocycles. The lowest BCUT2D eigenvalue weighted by atomic mass is 9.64. The van der Waals surface area contributed by atoms with Gasteiger partial charge in [-0.25, -0.2) is 0 Å². The molecular formula is C19H28O3. The third kappa shape index (κ3) is 5.04. The molecule has 1 rings (SSSR count). The van der Waals surface area contributed by atoms with Crippen molar-refractivity contribution >= 4 is 17.9 Å². The Bertz CT molecular complexity index is 499. The zero-order valence-electron chi connectivity index (χ0n) is 14.3. The van der Waals surface area contributed by atoms with Crippen LogP contribution in [0.15, 0.2) is 23.3 Å². The van der Waals surface area contributed by atoms with E-state index in [-0.39, 0.29) is 29.3 Å². The highest BCUT2D eigenvalue weighted by Crippen LogP contribution is 2.41. The fourth-order valence-corrected chi connectivity index (χ4v) is 2.99. The van der Waals surface area contributed by atoms with Crippen LogP contribution in [0.4, 0.5) is 0 Å². The maximum absolute atomic E-state index is 12.2. The van der Waals surface area contributed by atoms with Gasteiger partial charge in [-0.2, -0.15) is 0 Å². The summed E-state index contributed by atoms with van der Waals surface area (Å²) < 4.78 is 0. The van der Waals surface area contributed by atoms with Gasteiger partial charge in [0.1, 0.15) is 17.9 Å². The molecule has 2 atom stereocenters. The van der Waals surface area contributed by atoms with E-state index in [9.17, 15) is 14.4 Å². The van der Waals surface area contributed by atoms with Gasteiger partial charge in [0.05, 0.1) is 6.42 Å². The van der Waals surface area contributed by atoms with Crippen molar-refractivity contribution in [1.82, 2.24) is 0 Å². The average Bonchev–Trinajstić information content (AvgIpc) is 2.43. The number of hydrogen-bond donors (Lipinski definition) is 0. The van der Waals surface area contributed by atoms with Crippen LogP contribution >= 0.6 is 0 Å². The van der Waals surface area contributed by atoms with Crippen molar-refractivity contribution in [3.8, 4) is 0 Å². The summed E-state index contributed by atoms with van der Waals surface area (Å²) in [6.07, 6.45) is 8.75. The molecule has 1 saturated carbocycles. The Hall–Kier alpha value is -1.51. The zero-order valence-corrected chi connectivity index (χ0v) is 14.3. The summed E-state index contributed by atoms with van der Waals surface area (Å²) in [5, 5.41) is 0. The molecule has 22 heavy (non-hydrogen) atoms. The Balaban J connectivity index is 2.53. The van der Waals surface area contributed by atoms with Crippen molar-refractivity contribution in [2.75, 3.05) is 0 Å². The number of rotatable bonds is 7. The van der Waals surface area contributed by atoms with E-state index in [1.54, 1.807) is 6.08 Å². The van der Waals surface area contributed by atoms with Gasteiger partial charge >= 0.3 is 0 Å². The van der Waals surface area contributed by atoms with Crippen LogP contribution in [0.5, 0.6) is 0 Å². The van der Waals surface area contributed by atoms with Gasteiger partial charge in [-0.3, -0.25) is 14.4 Å². The zero-order chi connectivity index (χ0) is 16.8. The molecule has 0 amide bonds. The standard InChI is InChI=1S/C19H28O3/c1-14(6-5-7-15(2)9-11-20)8-10-19(4)16(3)12-17(21)13-18(19)22/h6,9,11,16H,5,7-8,10,12-13H2,1-4H3/b14-6+,15-9+/t16?,19-/m0/s1. The monoisotopic (exact) mass is 304 g/mol. The highest BCUT2D eigenvalue weighted by molar-refractivity contribution is 6.04. The van der Waals surface area contributed by atoms with Gasteiger partial charge in [0, 0.05) is 11.8 Å². The van der Waals surface area contributed by atoms with Crippen molar-refractivity contribution in [2.24, 2.45) is 11.3 Å². The number of ketones is 2. The minimum absolute atomic E-state index is 0.0830. The van der Waals surface area contributed by atoms with Crippen LogP contribution in [0, 0.1) is 11.3 Å². The SMILES string of the molecule is C/C(=C\C=O)CC/C=C(\C)CC[C@]1(C)C(=O)CC(=O)CC1C. The lowest BCUT2D eigenvalue weighted by Crippen LogP contribution is -2.41. The van der Waals surface area contributed by atoms with Crippen LogP contribution in [0.3, 0.4) is 0 Å². The Labute approximate surface area is 133 Å². The fourth-order valence-electron chi connectivity index (χ4n) is 2.99. The summed E-state index contributed by atoms with van der Waals surface area (Å²) in [5.74, 6) is 0.320. The lowest BCUT2D eigenvalue weighted by molar-refractivity contribution is -0.141. The van der Waals surface area contributed by atoms with Gasteiger partial charge in [-0.05, 0) is 51.5 Å². The molecular weight excluding hydrogens is 276 g/mol. The maximum atomic E-state index is 12.2. The van der Waals surface area contributed by atoms with Gasteiger partial charge in [-0.15, -0.1) is 0 Å². The molecule has 3 heteroatoms. The van der Waals surface area contributed by atoms with E-state index < -0.39 is 0 Å². The van der Waals surface area contributed by atoms with Crippen LogP contribution < -0.4 is 0 Å². The Morgan fingerprint density at radius 2 is 1.91 bits per heavy atom. The molecule has 3 nitrogen and oxygen atoms in total. The van der Waals surface area contributed by atoms with E-state index >= 15 is 0 Å². The molecule has 1 unspecified atom stereocenters. The molecule has 1 fully saturated rings. The van der Waals surface area contributed by atoms with Crippen LogP contribution in [0.25, 0.3) is 0 Å². The Morgan fingerprint density at radius 3 is 2.50 bits per heavy atom. The summed E-state index contributed by atoms with van der Waals surface area (Å²) in [5.41, 5.74) is 1.99. The van der Waals surface area contributed by atoms with Gasteiger partial charge in [-0.1, -0.05) is 31.1 Å². The molecule has 0 bridgehead atoms. The molecule has 0 aromatic rings. The smallest absolute Gasteiger partial charge is 0.146 e. The second-order valence-corrected chi connectivity index (χ2v) is 6.90. The quantitative estimate of drug-likeness (QED) is 0.306. The predicted molar refractivity (Wildman–Crippen MR) is 88.6 cm³/mol. The molecule has 122 valence electrons. The number of hydrogen-bond acceptors (Lipinski definition) is 3. The first-order chi connectivity index (χ1) is 10.3. The summed E-state index contributed by atoms with van der Waals surface area (Å²) in [6.45, 7) is 8.07. The average molecular weight is 304 g/mol. The molecule has 0 heterocycles. The summed E-state index contributed by atoms with van der Waals surface area (Å²) in [7, 11) is 0. The lowest BCUT2D eigenvalue weighted by Gasteiger charge is -2.37. The van der Waals surface area contributed by atoms with E-state index in [4.69, 9.17) is 0 Å². The topological polar surface area (TPSA) is 51.2 Å². The first-order valence-electron chi connectivity index (χ1n) is 8.11. The number of aldehydes is 1. The van der Waals surface area contributed by atoms with Crippen molar-refractivity contribution < 1.29 is 14.4 Å². The fraction of sp³-hybridized carbons (Fsp3) is 0.632. The molecule has 0 saturated heterocycles. The van der Waals surface area contributed by atoms with Gasteiger partial charge in [0.25, 0.3) is 0 Å².